The second-order valence-electron chi connectivity index (χ2n) is 5.41. The van der Waals surface area contributed by atoms with Crippen molar-refractivity contribution in [1.29, 1.82) is 0 Å². The van der Waals surface area contributed by atoms with Gasteiger partial charge in [-0.3, -0.25) is 0 Å². The van der Waals surface area contributed by atoms with E-state index in [-0.39, 0.29) is 5.02 Å². The molecular formula is C14H16ClFN2S. The van der Waals surface area contributed by atoms with Gasteiger partial charge in [0, 0.05) is 12.1 Å². The Hall–Kier alpha value is -0.870. The first-order chi connectivity index (χ1) is 9.08. The van der Waals surface area contributed by atoms with Crippen molar-refractivity contribution >= 4 is 34.9 Å². The molecule has 1 heterocycles. The largest absolute Gasteiger partial charge is 0.330 e. The summed E-state index contributed by atoms with van der Waals surface area (Å²) < 4.78 is 16.3. The molecule has 102 valence electrons. The molecule has 19 heavy (non-hydrogen) atoms. The number of hydrogen-bond donors (Lipinski definition) is 1. The van der Waals surface area contributed by atoms with Crippen LogP contribution in [0.25, 0.3) is 11.0 Å². The summed E-state index contributed by atoms with van der Waals surface area (Å²) in [6.45, 7) is 2.26. The summed E-state index contributed by atoms with van der Waals surface area (Å²) in [7, 11) is 0. The van der Waals surface area contributed by atoms with Crippen molar-refractivity contribution in [2.24, 2.45) is 5.92 Å². The third-order valence-electron chi connectivity index (χ3n) is 4.16. The summed E-state index contributed by atoms with van der Waals surface area (Å²) in [5.74, 6) is 0.178. The SMILES string of the molecule is CC1CCCCC1n1c(=S)[nH]c2cc(F)c(Cl)cc21. The van der Waals surface area contributed by atoms with Gasteiger partial charge in [-0.1, -0.05) is 31.4 Å². The Morgan fingerprint density at radius 2 is 2.11 bits per heavy atom. The average Bonchev–Trinajstić information content (AvgIpc) is 2.66. The lowest BCUT2D eigenvalue weighted by Gasteiger charge is -2.30. The number of fused-ring (bicyclic) bond motifs is 1. The van der Waals surface area contributed by atoms with Crippen molar-refractivity contribution in [2.45, 2.75) is 38.6 Å². The van der Waals surface area contributed by atoms with Crippen LogP contribution in [0.3, 0.4) is 0 Å². The number of halogens is 2. The number of aromatic amines is 1. The summed E-state index contributed by atoms with van der Waals surface area (Å²) in [5.41, 5.74) is 1.64. The molecular weight excluding hydrogens is 283 g/mol. The van der Waals surface area contributed by atoms with Gasteiger partial charge in [-0.05, 0) is 37.0 Å². The van der Waals surface area contributed by atoms with Crippen LogP contribution in [0.4, 0.5) is 4.39 Å². The Balaban J connectivity index is 2.19. The molecule has 2 unspecified atom stereocenters. The van der Waals surface area contributed by atoms with Crippen LogP contribution in [-0.2, 0) is 0 Å². The molecule has 2 atom stereocenters. The summed E-state index contributed by atoms with van der Waals surface area (Å²) in [6.07, 6.45) is 4.84. The monoisotopic (exact) mass is 298 g/mol. The third-order valence-corrected chi connectivity index (χ3v) is 4.74. The van der Waals surface area contributed by atoms with Gasteiger partial charge in [0.15, 0.2) is 4.77 Å². The number of nitrogens with one attached hydrogen (secondary N) is 1. The Kier molecular flexibility index (Phi) is 3.39. The van der Waals surface area contributed by atoms with Gasteiger partial charge in [0.05, 0.1) is 16.1 Å². The van der Waals surface area contributed by atoms with Gasteiger partial charge in [0.25, 0.3) is 0 Å². The van der Waals surface area contributed by atoms with Crippen molar-refractivity contribution in [1.82, 2.24) is 9.55 Å². The van der Waals surface area contributed by atoms with Crippen LogP contribution in [0.15, 0.2) is 12.1 Å². The Bertz CT molecular complexity index is 676. The van der Waals surface area contributed by atoms with Crippen LogP contribution in [-0.4, -0.2) is 9.55 Å². The quantitative estimate of drug-likeness (QED) is 0.714. The first-order valence-corrected chi connectivity index (χ1v) is 7.46. The number of H-pyrrole nitrogens is 1. The molecule has 0 bridgehead atoms. The minimum Gasteiger partial charge on any atom is -0.330 e. The van der Waals surface area contributed by atoms with E-state index < -0.39 is 5.82 Å². The smallest absolute Gasteiger partial charge is 0.178 e. The van der Waals surface area contributed by atoms with E-state index in [0.717, 1.165) is 17.5 Å². The van der Waals surface area contributed by atoms with Crippen molar-refractivity contribution in [3.63, 3.8) is 0 Å². The van der Waals surface area contributed by atoms with Gasteiger partial charge in [-0.15, -0.1) is 0 Å². The number of hydrogen-bond acceptors (Lipinski definition) is 1. The molecule has 2 aromatic rings. The van der Waals surface area contributed by atoms with Crippen molar-refractivity contribution < 1.29 is 4.39 Å². The molecule has 0 amide bonds. The molecule has 1 saturated carbocycles. The van der Waals surface area contributed by atoms with Gasteiger partial charge >= 0.3 is 0 Å². The van der Waals surface area contributed by atoms with Gasteiger partial charge < -0.3 is 9.55 Å². The predicted octanol–water partition coefficient (Wildman–Crippen LogP) is 5.24. The Morgan fingerprint density at radius 3 is 2.84 bits per heavy atom. The van der Waals surface area contributed by atoms with E-state index in [1.807, 2.05) is 0 Å². The van der Waals surface area contributed by atoms with E-state index in [0.29, 0.717) is 16.7 Å². The van der Waals surface area contributed by atoms with Gasteiger partial charge in [-0.2, -0.15) is 0 Å². The summed E-state index contributed by atoms with van der Waals surface area (Å²) in [5, 5.41) is 0.152. The molecule has 1 aliphatic carbocycles. The molecule has 1 aliphatic rings. The maximum atomic E-state index is 13.5. The second kappa shape index (κ2) is 4.91. The highest BCUT2D eigenvalue weighted by atomic mass is 35.5. The summed E-state index contributed by atoms with van der Waals surface area (Å²) >= 11 is 11.3. The van der Waals surface area contributed by atoms with E-state index in [1.54, 1.807) is 6.07 Å². The van der Waals surface area contributed by atoms with Gasteiger partial charge in [0.1, 0.15) is 5.82 Å². The Labute approximate surface area is 121 Å². The first kappa shape index (κ1) is 13.1. The fourth-order valence-electron chi connectivity index (χ4n) is 3.13. The number of benzene rings is 1. The lowest BCUT2D eigenvalue weighted by molar-refractivity contribution is 0.260. The molecule has 1 N–H and O–H groups in total. The highest BCUT2D eigenvalue weighted by molar-refractivity contribution is 7.71. The number of imidazole rings is 1. The molecule has 5 heteroatoms. The lowest BCUT2D eigenvalue weighted by atomic mass is 9.85. The normalized spacial score (nSPS) is 23.9. The van der Waals surface area contributed by atoms with E-state index in [4.69, 9.17) is 23.8 Å². The molecule has 1 aromatic heterocycles. The van der Waals surface area contributed by atoms with Crippen LogP contribution in [0, 0.1) is 16.5 Å². The molecule has 0 radical (unpaired) electrons. The van der Waals surface area contributed by atoms with E-state index in [1.165, 1.54) is 25.3 Å². The minimum atomic E-state index is -0.408. The number of aromatic nitrogens is 2. The van der Waals surface area contributed by atoms with Crippen molar-refractivity contribution in [2.75, 3.05) is 0 Å². The number of rotatable bonds is 1. The summed E-state index contributed by atoms with van der Waals surface area (Å²) in [4.78, 5) is 3.09. The highest BCUT2D eigenvalue weighted by Gasteiger charge is 2.25. The lowest BCUT2D eigenvalue weighted by Crippen LogP contribution is -2.21. The molecule has 0 saturated heterocycles. The van der Waals surface area contributed by atoms with E-state index in [9.17, 15) is 4.39 Å². The zero-order valence-corrected chi connectivity index (χ0v) is 12.3. The zero-order chi connectivity index (χ0) is 13.6. The van der Waals surface area contributed by atoms with E-state index in [2.05, 4.69) is 16.5 Å². The van der Waals surface area contributed by atoms with Crippen LogP contribution < -0.4 is 0 Å². The zero-order valence-electron chi connectivity index (χ0n) is 10.7. The molecule has 3 rings (SSSR count). The predicted molar refractivity (Wildman–Crippen MR) is 78.8 cm³/mol. The minimum absolute atomic E-state index is 0.152. The van der Waals surface area contributed by atoms with E-state index >= 15 is 0 Å². The summed E-state index contributed by atoms with van der Waals surface area (Å²) in [6, 6.07) is 3.49. The molecule has 1 fully saturated rings. The fourth-order valence-corrected chi connectivity index (χ4v) is 3.63. The Morgan fingerprint density at radius 1 is 1.37 bits per heavy atom. The topological polar surface area (TPSA) is 20.7 Å². The molecule has 2 nitrogen and oxygen atoms in total. The highest BCUT2D eigenvalue weighted by Crippen LogP contribution is 2.36. The molecule has 0 aliphatic heterocycles. The van der Waals surface area contributed by atoms with Crippen molar-refractivity contribution in [3.8, 4) is 0 Å². The van der Waals surface area contributed by atoms with Crippen LogP contribution in [0.5, 0.6) is 0 Å². The third kappa shape index (κ3) is 2.21. The van der Waals surface area contributed by atoms with Crippen LogP contribution >= 0.6 is 23.8 Å². The molecule has 1 aromatic carbocycles. The average molecular weight is 299 g/mol. The maximum absolute atomic E-state index is 13.5. The van der Waals surface area contributed by atoms with Crippen LogP contribution in [0.1, 0.15) is 38.6 Å². The van der Waals surface area contributed by atoms with Crippen molar-refractivity contribution in [3.05, 3.63) is 27.7 Å². The first-order valence-electron chi connectivity index (χ1n) is 6.67. The second-order valence-corrected chi connectivity index (χ2v) is 6.21. The number of nitrogens with zero attached hydrogens (tertiary/aromatic N) is 1. The fraction of sp³-hybridized carbons (Fsp3) is 0.500. The van der Waals surface area contributed by atoms with Crippen LogP contribution in [0.2, 0.25) is 5.02 Å². The molecule has 0 spiro atoms. The maximum Gasteiger partial charge on any atom is 0.178 e. The van der Waals surface area contributed by atoms with Gasteiger partial charge in [0.2, 0.25) is 0 Å². The van der Waals surface area contributed by atoms with Gasteiger partial charge in [-0.25, -0.2) is 4.39 Å². The standard InChI is InChI=1S/C14H16ClFN2S/c1-8-4-2-3-5-12(8)18-13-6-9(15)10(16)7-11(13)17-14(18)19/h6-8,12H,2-5H2,1H3,(H,17,19).